The van der Waals surface area contributed by atoms with E-state index in [1.807, 2.05) is 54.6 Å². The third kappa shape index (κ3) is 4.25. The Morgan fingerprint density at radius 1 is 1.10 bits per heavy atom. The minimum atomic E-state index is -0.0570. The highest BCUT2D eigenvalue weighted by Gasteiger charge is 2.19. The number of fused-ring (bicyclic) bond motifs is 3. The fourth-order valence-electron chi connectivity index (χ4n) is 3.84. The van der Waals surface area contributed by atoms with Gasteiger partial charge >= 0.3 is 0 Å². The van der Waals surface area contributed by atoms with Gasteiger partial charge in [0.15, 0.2) is 10.8 Å². The third-order valence-electron chi connectivity index (χ3n) is 5.16. The van der Waals surface area contributed by atoms with Gasteiger partial charge in [-0.05, 0) is 61.7 Å². The molecule has 4 rings (SSSR count). The number of rotatable bonds is 6. The molecule has 2 aromatic carbocycles. The molecular formula is C24H23N5OS. The molecule has 0 unspecified atom stereocenters. The van der Waals surface area contributed by atoms with Gasteiger partial charge in [0.05, 0.1) is 23.8 Å². The fraction of sp³-hybridized carbons (Fsp3) is 0.250. The zero-order valence-corrected chi connectivity index (χ0v) is 18.6. The van der Waals surface area contributed by atoms with E-state index in [0.717, 1.165) is 38.9 Å². The van der Waals surface area contributed by atoms with Crippen LogP contribution in [0, 0.1) is 32.1 Å². The molecule has 0 aliphatic carbocycles. The predicted molar refractivity (Wildman–Crippen MR) is 124 cm³/mol. The number of anilines is 1. The van der Waals surface area contributed by atoms with Gasteiger partial charge in [-0.2, -0.15) is 5.26 Å². The van der Waals surface area contributed by atoms with E-state index in [1.165, 1.54) is 11.8 Å². The zero-order chi connectivity index (χ0) is 22.0. The van der Waals surface area contributed by atoms with Crippen LogP contribution in [0.25, 0.3) is 16.6 Å². The van der Waals surface area contributed by atoms with Crippen LogP contribution in [-0.4, -0.2) is 32.8 Å². The molecule has 0 saturated carbocycles. The van der Waals surface area contributed by atoms with Gasteiger partial charge in [0.25, 0.3) is 0 Å². The SMILES string of the molecule is Cc1cc(C)cc(N(CCC#N)C(=O)CSc2nnc3cc(C)c4ccccc4n23)c1. The van der Waals surface area contributed by atoms with E-state index in [9.17, 15) is 4.79 Å². The Labute approximate surface area is 185 Å². The lowest BCUT2D eigenvalue weighted by molar-refractivity contribution is -0.116. The largest absolute Gasteiger partial charge is 0.311 e. The molecule has 0 saturated heterocycles. The number of benzene rings is 2. The second-order valence-electron chi connectivity index (χ2n) is 7.61. The predicted octanol–water partition coefficient (Wildman–Crippen LogP) is 4.85. The number of hydrogen-bond acceptors (Lipinski definition) is 5. The van der Waals surface area contributed by atoms with E-state index in [4.69, 9.17) is 5.26 Å². The molecule has 31 heavy (non-hydrogen) atoms. The van der Waals surface area contributed by atoms with Crippen molar-refractivity contribution in [3.8, 4) is 6.07 Å². The molecule has 156 valence electrons. The van der Waals surface area contributed by atoms with Crippen molar-refractivity contribution in [3.05, 3.63) is 65.2 Å². The minimum Gasteiger partial charge on any atom is -0.311 e. The van der Waals surface area contributed by atoms with Crippen molar-refractivity contribution in [1.29, 1.82) is 5.26 Å². The van der Waals surface area contributed by atoms with Crippen LogP contribution in [0.5, 0.6) is 0 Å². The molecule has 0 atom stereocenters. The Kier molecular flexibility index (Phi) is 5.92. The summed E-state index contributed by atoms with van der Waals surface area (Å²) in [7, 11) is 0. The molecule has 0 aliphatic rings. The number of para-hydroxylation sites is 1. The first-order valence-corrected chi connectivity index (χ1v) is 11.1. The van der Waals surface area contributed by atoms with E-state index in [-0.39, 0.29) is 18.1 Å². The first-order valence-electron chi connectivity index (χ1n) is 10.1. The summed E-state index contributed by atoms with van der Waals surface area (Å²) in [5.74, 6) is 0.153. The summed E-state index contributed by atoms with van der Waals surface area (Å²) in [5.41, 5.74) is 5.92. The number of carbonyl (C=O) groups excluding carboxylic acids is 1. The molecule has 2 heterocycles. The summed E-state index contributed by atoms with van der Waals surface area (Å²) in [6.07, 6.45) is 0.279. The summed E-state index contributed by atoms with van der Waals surface area (Å²) in [6, 6.07) is 18.3. The van der Waals surface area contributed by atoms with Crippen LogP contribution in [0.4, 0.5) is 5.69 Å². The van der Waals surface area contributed by atoms with E-state index in [0.29, 0.717) is 11.7 Å². The van der Waals surface area contributed by atoms with Crippen molar-refractivity contribution in [3.63, 3.8) is 0 Å². The normalized spacial score (nSPS) is 11.0. The monoisotopic (exact) mass is 429 g/mol. The highest BCUT2D eigenvalue weighted by Crippen LogP contribution is 2.27. The maximum absolute atomic E-state index is 13.2. The Hall–Kier alpha value is -3.37. The van der Waals surface area contributed by atoms with E-state index in [1.54, 1.807) is 4.90 Å². The summed E-state index contributed by atoms with van der Waals surface area (Å²) in [5, 5.41) is 19.5. The maximum Gasteiger partial charge on any atom is 0.237 e. The molecule has 1 amide bonds. The summed E-state index contributed by atoms with van der Waals surface area (Å²) < 4.78 is 2.00. The van der Waals surface area contributed by atoms with Gasteiger partial charge in [0.1, 0.15) is 0 Å². The number of nitrogens with zero attached hydrogens (tertiary/aromatic N) is 5. The van der Waals surface area contributed by atoms with Crippen molar-refractivity contribution < 1.29 is 4.79 Å². The summed E-state index contributed by atoms with van der Waals surface area (Å²) in [4.78, 5) is 14.9. The lowest BCUT2D eigenvalue weighted by Crippen LogP contribution is -2.33. The molecule has 6 nitrogen and oxygen atoms in total. The molecule has 0 aliphatic heterocycles. The van der Waals surface area contributed by atoms with E-state index < -0.39 is 0 Å². The van der Waals surface area contributed by atoms with Crippen LogP contribution in [0.2, 0.25) is 0 Å². The van der Waals surface area contributed by atoms with Crippen molar-refractivity contribution in [2.45, 2.75) is 32.3 Å². The smallest absolute Gasteiger partial charge is 0.237 e. The van der Waals surface area contributed by atoms with Gasteiger partial charge in [-0.25, -0.2) is 0 Å². The zero-order valence-electron chi connectivity index (χ0n) is 17.8. The topological polar surface area (TPSA) is 74.3 Å². The molecule has 0 spiro atoms. The Morgan fingerprint density at radius 2 is 1.84 bits per heavy atom. The number of pyridine rings is 1. The lowest BCUT2D eigenvalue weighted by Gasteiger charge is -2.22. The number of aryl methyl sites for hydroxylation is 3. The van der Waals surface area contributed by atoms with Gasteiger partial charge in [0.2, 0.25) is 5.91 Å². The molecule has 0 radical (unpaired) electrons. The molecule has 7 heteroatoms. The quantitative estimate of drug-likeness (QED) is 0.410. The van der Waals surface area contributed by atoms with Crippen LogP contribution in [0.1, 0.15) is 23.1 Å². The first-order chi connectivity index (χ1) is 15.0. The number of aromatic nitrogens is 3. The number of thioether (sulfide) groups is 1. The van der Waals surface area contributed by atoms with Gasteiger partial charge < -0.3 is 4.90 Å². The van der Waals surface area contributed by atoms with Crippen molar-refractivity contribution in [1.82, 2.24) is 14.6 Å². The van der Waals surface area contributed by atoms with Crippen LogP contribution in [0.3, 0.4) is 0 Å². The summed E-state index contributed by atoms with van der Waals surface area (Å²) >= 11 is 1.37. The maximum atomic E-state index is 13.2. The highest BCUT2D eigenvalue weighted by atomic mass is 32.2. The molecule has 0 fully saturated rings. The summed E-state index contributed by atoms with van der Waals surface area (Å²) in [6.45, 7) is 6.44. The average Bonchev–Trinajstić information content (AvgIpc) is 3.15. The number of carbonyl (C=O) groups is 1. The standard InChI is InChI=1S/C24H23N5OS/c1-16-11-17(2)13-19(12-16)28(10-6-9-25)23(30)15-31-24-27-26-22-14-18(3)20-7-4-5-8-21(20)29(22)24/h4-5,7-8,11-14H,6,10,15H2,1-3H3. The Morgan fingerprint density at radius 3 is 2.58 bits per heavy atom. The van der Waals surface area contributed by atoms with Crippen molar-refractivity contribution in [2.24, 2.45) is 0 Å². The van der Waals surface area contributed by atoms with Crippen LogP contribution in [-0.2, 0) is 4.79 Å². The second-order valence-corrected chi connectivity index (χ2v) is 8.55. The van der Waals surface area contributed by atoms with Crippen LogP contribution in [0.15, 0.2) is 53.7 Å². The molecule has 0 N–H and O–H groups in total. The third-order valence-corrected chi connectivity index (χ3v) is 6.08. The number of amides is 1. The number of hydrogen-bond donors (Lipinski definition) is 0. The molecule has 4 aromatic rings. The molecule has 0 bridgehead atoms. The van der Waals surface area contributed by atoms with Crippen molar-refractivity contribution in [2.75, 3.05) is 17.2 Å². The molecular weight excluding hydrogens is 406 g/mol. The first kappa shape index (κ1) is 20.9. The fourth-order valence-corrected chi connectivity index (χ4v) is 4.67. The van der Waals surface area contributed by atoms with Gasteiger partial charge in [-0.1, -0.05) is 36.0 Å². The average molecular weight is 430 g/mol. The highest BCUT2D eigenvalue weighted by molar-refractivity contribution is 7.99. The molecule has 2 aromatic heterocycles. The van der Waals surface area contributed by atoms with Gasteiger partial charge in [-0.15, -0.1) is 10.2 Å². The van der Waals surface area contributed by atoms with Gasteiger partial charge in [-0.3, -0.25) is 9.20 Å². The van der Waals surface area contributed by atoms with E-state index >= 15 is 0 Å². The Balaban J connectivity index is 1.63. The van der Waals surface area contributed by atoms with Crippen LogP contribution < -0.4 is 4.90 Å². The minimum absolute atomic E-state index is 0.0570. The van der Waals surface area contributed by atoms with Crippen molar-refractivity contribution >= 4 is 39.9 Å². The second kappa shape index (κ2) is 8.78. The van der Waals surface area contributed by atoms with Crippen LogP contribution >= 0.6 is 11.8 Å². The van der Waals surface area contributed by atoms with E-state index in [2.05, 4.69) is 35.3 Å². The number of nitriles is 1. The Bertz CT molecular complexity index is 1300. The lowest BCUT2D eigenvalue weighted by atomic mass is 10.1. The van der Waals surface area contributed by atoms with Gasteiger partial charge in [0, 0.05) is 17.6 Å².